The fraction of sp³-hybridized carbons (Fsp3) is 0.375. The first-order valence-electron chi connectivity index (χ1n) is 6.72. The van der Waals surface area contributed by atoms with Crippen molar-refractivity contribution in [3.8, 4) is 0 Å². The van der Waals surface area contributed by atoms with Crippen molar-refractivity contribution in [1.82, 2.24) is 0 Å². The largest absolute Gasteiger partial charge is 0.294 e. The Hall–Kier alpha value is -1.000. The average molecular weight is 306 g/mol. The quantitative estimate of drug-likeness (QED) is 0.362. The number of rotatable bonds is 3. The molecule has 0 bridgehead atoms. The molecule has 2 nitrogen and oxygen atoms in total. The maximum Gasteiger partial charge on any atom is 0.198 e. The van der Waals surface area contributed by atoms with E-state index in [1.807, 2.05) is 19.1 Å². The van der Waals surface area contributed by atoms with Crippen LogP contribution in [0.2, 0.25) is 0 Å². The Labute approximate surface area is 128 Å². The van der Waals surface area contributed by atoms with E-state index >= 15 is 0 Å². The summed E-state index contributed by atoms with van der Waals surface area (Å²) in [6, 6.07) is 7.41. The number of allylic oxidation sites excluding steroid dienone is 1. The summed E-state index contributed by atoms with van der Waals surface area (Å²) in [6.07, 6.45) is 2.29. The minimum atomic E-state index is -0.144. The van der Waals surface area contributed by atoms with Crippen LogP contribution in [0.1, 0.15) is 35.7 Å². The number of carbonyl (C=O) groups excluding carboxylic acids is 2. The van der Waals surface area contributed by atoms with Gasteiger partial charge in [-0.15, -0.1) is 23.5 Å². The molecule has 1 aromatic rings. The van der Waals surface area contributed by atoms with Crippen molar-refractivity contribution in [2.45, 2.75) is 26.7 Å². The minimum Gasteiger partial charge on any atom is -0.294 e. The molecule has 0 saturated carbocycles. The van der Waals surface area contributed by atoms with Crippen LogP contribution >= 0.6 is 23.5 Å². The van der Waals surface area contributed by atoms with Gasteiger partial charge >= 0.3 is 0 Å². The smallest absolute Gasteiger partial charge is 0.198 e. The van der Waals surface area contributed by atoms with E-state index in [1.165, 1.54) is 6.92 Å². The molecule has 0 unspecified atom stereocenters. The molecule has 2 rings (SSSR count). The van der Waals surface area contributed by atoms with Crippen LogP contribution in [0.3, 0.4) is 0 Å². The first kappa shape index (κ1) is 15.4. The van der Waals surface area contributed by atoms with Crippen molar-refractivity contribution >= 4 is 35.1 Å². The zero-order valence-corrected chi connectivity index (χ0v) is 13.4. The van der Waals surface area contributed by atoms with E-state index in [-0.39, 0.29) is 11.6 Å². The maximum atomic E-state index is 12.6. The molecule has 0 aliphatic carbocycles. The predicted octanol–water partition coefficient (Wildman–Crippen LogP) is 4.24. The summed E-state index contributed by atoms with van der Waals surface area (Å²) in [5, 5.41) is 0. The number of aryl methyl sites for hydroxylation is 1. The molecule has 1 aromatic carbocycles. The second-order valence-corrected chi connectivity index (χ2v) is 7.29. The van der Waals surface area contributed by atoms with E-state index in [4.69, 9.17) is 0 Å². The summed E-state index contributed by atoms with van der Waals surface area (Å²) in [5.74, 6) is 1.70. The number of hydrogen-bond donors (Lipinski definition) is 0. The van der Waals surface area contributed by atoms with Crippen LogP contribution in [0, 0.1) is 6.92 Å². The van der Waals surface area contributed by atoms with Gasteiger partial charge in [0, 0.05) is 5.56 Å². The van der Waals surface area contributed by atoms with Crippen molar-refractivity contribution in [3.63, 3.8) is 0 Å². The topological polar surface area (TPSA) is 34.1 Å². The first-order chi connectivity index (χ1) is 9.59. The molecule has 1 fully saturated rings. The van der Waals surface area contributed by atoms with E-state index in [0.29, 0.717) is 11.1 Å². The van der Waals surface area contributed by atoms with Crippen LogP contribution in [0.25, 0.3) is 0 Å². The Balaban J connectivity index is 2.37. The standard InChI is InChI=1S/C16H18O2S2/c1-11-5-7-13(8-6-11)15(18)14(12(2)17)16-19-9-3-4-10-20-16/h5-8H,3-4,9-10H2,1-2H3. The Kier molecular flexibility index (Phi) is 5.49. The highest BCUT2D eigenvalue weighted by Gasteiger charge is 2.23. The molecule has 1 aliphatic rings. The fourth-order valence-electron chi connectivity index (χ4n) is 1.97. The maximum absolute atomic E-state index is 12.6. The Morgan fingerprint density at radius 2 is 1.55 bits per heavy atom. The summed E-state index contributed by atoms with van der Waals surface area (Å²) in [5.41, 5.74) is 2.07. The van der Waals surface area contributed by atoms with Crippen molar-refractivity contribution in [2.24, 2.45) is 0 Å². The zero-order chi connectivity index (χ0) is 14.5. The molecule has 0 N–H and O–H groups in total. The van der Waals surface area contributed by atoms with Crippen LogP contribution in [-0.2, 0) is 4.79 Å². The van der Waals surface area contributed by atoms with Gasteiger partial charge in [-0.25, -0.2) is 0 Å². The Bertz CT molecular complexity index is 534. The molecule has 0 spiro atoms. The van der Waals surface area contributed by atoms with Gasteiger partial charge in [0.1, 0.15) is 0 Å². The van der Waals surface area contributed by atoms with Crippen LogP contribution in [0.15, 0.2) is 34.1 Å². The van der Waals surface area contributed by atoms with Crippen molar-refractivity contribution in [3.05, 3.63) is 45.2 Å². The van der Waals surface area contributed by atoms with Gasteiger partial charge in [-0.05, 0) is 38.2 Å². The fourth-order valence-corrected chi connectivity index (χ4v) is 4.63. The first-order valence-corrected chi connectivity index (χ1v) is 8.69. The summed E-state index contributed by atoms with van der Waals surface area (Å²) >= 11 is 3.30. The van der Waals surface area contributed by atoms with Gasteiger partial charge in [0.15, 0.2) is 11.6 Å². The second-order valence-electron chi connectivity index (χ2n) is 4.82. The lowest BCUT2D eigenvalue weighted by Gasteiger charge is -2.09. The lowest BCUT2D eigenvalue weighted by molar-refractivity contribution is -0.113. The van der Waals surface area contributed by atoms with Gasteiger partial charge in [0.25, 0.3) is 0 Å². The van der Waals surface area contributed by atoms with Crippen LogP contribution in [0.4, 0.5) is 0 Å². The van der Waals surface area contributed by atoms with Crippen LogP contribution < -0.4 is 0 Å². The van der Waals surface area contributed by atoms with Gasteiger partial charge in [0.05, 0.1) is 9.81 Å². The molecule has 20 heavy (non-hydrogen) atoms. The molecular formula is C16H18O2S2. The molecule has 1 heterocycles. The van der Waals surface area contributed by atoms with Gasteiger partial charge in [-0.3, -0.25) is 9.59 Å². The molecule has 0 atom stereocenters. The SMILES string of the molecule is CC(=O)C(C(=O)c1ccc(C)cc1)=C1SCCCCS1. The molecule has 0 aromatic heterocycles. The van der Waals surface area contributed by atoms with E-state index < -0.39 is 0 Å². The van der Waals surface area contributed by atoms with E-state index in [1.54, 1.807) is 35.7 Å². The summed E-state index contributed by atoms with van der Waals surface area (Å²) in [4.78, 5) is 24.5. The van der Waals surface area contributed by atoms with Crippen LogP contribution in [-0.4, -0.2) is 23.1 Å². The molecule has 0 radical (unpaired) electrons. The Morgan fingerprint density at radius 3 is 2.05 bits per heavy atom. The number of benzene rings is 1. The van der Waals surface area contributed by atoms with E-state index in [0.717, 1.165) is 34.1 Å². The number of hydrogen-bond acceptors (Lipinski definition) is 4. The third-order valence-corrected chi connectivity index (χ3v) is 5.73. The van der Waals surface area contributed by atoms with Gasteiger partial charge < -0.3 is 0 Å². The monoisotopic (exact) mass is 306 g/mol. The molecule has 4 heteroatoms. The number of carbonyl (C=O) groups is 2. The average Bonchev–Trinajstić information content (AvgIpc) is 2.68. The van der Waals surface area contributed by atoms with Gasteiger partial charge in [-0.2, -0.15) is 0 Å². The molecular weight excluding hydrogens is 288 g/mol. The molecule has 1 aliphatic heterocycles. The van der Waals surface area contributed by atoms with Gasteiger partial charge in [-0.1, -0.05) is 29.8 Å². The summed E-state index contributed by atoms with van der Waals surface area (Å²) in [6.45, 7) is 3.47. The van der Waals surface area contributed by atoms with E-state index in [9.17, 15) is 9.59 Å². The highest BCUT2D eigenvalue weighted by molar-refractivity contribution is 8.22. The van der Waals surface area contributed by atoms with Gasteiger partial charge in [0.2, 0.25) is 0 Å². The molecule has 1 saturated heterocycles. The highest BCUT2D eigenvalue weighted by atomic mass is 32.2. The minimum absolute atomic E-state index is 0.132. The molecule has 0 amide bonds. The van der Waals surface area contributed by atoms with Crippen molar-refractivity contribution in [1.29, 1.82) is 0 Å². The highest BCUT2D eigenvalue weighted by Crippen LogP contribution is 2.37. The second kappa shape index (κ2) is 7.14. The van der Waals surface area contributed by atoms with Crippen molar-refractivity contribution < 1.29 is 9.59 Å². The summed E-state index contributed by atoms with van der Waals surface area (Å²) < 4.78 is 0.903. The van der Waals surface area contributed by atoms with Crippen LogP contribution in [0.5, 0.6) is 0 Å². The number of ketones is 2. The lowest BCUT2D eigenvalue weighted by Crippen LogP contribution is -2.12. The van der Waals surface area contributed by atoms with Crippen molar-refractivity contribution in [2.75, 3.05) is 11.5 Å². The Morgan fingerprint density at radius 1 is 1.00 bits per heavy atom. The number of Topliss-reactive ketones (excluding diaryl/α,β-unsaturated/α-hetero) is 2. The zero-order valence-electron chi connectivity index (χ0n) is 11.8. The third-order valence-electron chi connectivity index (χ3n) is 3.10. The predicted molar refractivity (Wildman–Crippen MR) is 87.4 cm³/mol. The lowest BCUT2D eigenvalue weighted by atomic mass is 10.0. The van der Waals surface area contributed by atoms with E-state index in [2.05, 4.69) is 0 Å². The normalized spacial score (nSPS) is 15.6. The number of thioether (sulfide) groups is 2. The molecule has 106 valence electrons. The summed E-state index contributed by atoms with van der Waals surface area (Å²) in [7, 11) is 0. The third kappa shape index (κ3) is 3.76.